The van der Waals surface area contributed by atoms with Crippen LogP contribution >= 0.6 is 7.92 Å². The fraction of sp³-hybridized carbons (Fsp3) is 0.0312. The monoisotopic (exact) mass is 696 g/mol. The van der Waals surface area contributed by atoms with Gasteiger partial charge in [0.2, 0.25) is 0 Å². The van der Waals surface area contributed by atoms with Crippen molar-refractivity contribution in [3.8, 4) is 0 Å². The van der Waals surface area contributed by atoms with Gasteiger partial charge in [-0.25, -0.2) is 26.3 Å². The number of hydrogen-bond acceptors (Lipinski definition) is 1. The van der Waals surface area contributed by atoms with Gasteiger partial charge in [0, 0.05) is 11.7 Å². The molecule has 0 atom stereocenters. The number of benzene rings is 5. The Balaban J connectivity index is 0.000000259. The standard InChI is InChI=1S/C20H17OP.2C6F5.Ni/c21-20(17-10-4-1-5-11-17)16-22(18-12-6-2-7-13-18)19-14-8-3-9-15-19;2*7-2-1-3(8)5(10)6(11)4(2)9;/h1-15H,16H2;;;/q;2*-1;+2. The van der Waals surface area contributed by atoms with E-state index in [0.29, 0.717) is 6.16 Å². The molecular formula is C32H17F10NiOP. The van der Waals surface area contributed by atoms with E-state index in [1.54, 1.807) is 0 Å². The second-order valence-corrected chi connectivity index (χ2v) is 10.6. The summed E-state index contributed by atoms with van der Waals surface area (Å²) < 4.78 is 120. The van der Waals surface area contributed by atoms with Gasteiger partial charge in [0.25, 0.3) is 0 Å². The summed E-state index contributed by atoms with van der Waals surface area (Å²) in [5, 5.41) is 2.49. The Morgan fingerprint density at radius 2 is 0.756 bits per heavy atom. The molecule has 0 unspecified atom stereocenters. The number of hydrogen-bond donors (Lipinski definition) is 0. The second kappa shape index (κ2) is 17.5. The Kier molecular flexibility index (Phi) is 14.4. The van der Waals surface area contributed by atoms with Gasteiger partial charge < -0.3 is 0 Å². The summed E-state index contributed by atoms with van der Waals surface area (Å²) in [5.41, 5.74) is 0.793. The topological polar surface area (TPSA) is 17.1 Å². The zero-order valence-corrected chi connectivity index (χ0v) is 24.2. The van der Waals surface area contributed by atoms with Crippen LogP contribution in [0.2, 0.25) is 0 Å². The molecule has 0 fully saturated rings. The van der Waals surface area contributed by atoms with E-state index in [2.05, 4.69) is 24.3 Å². The average Bonchev–Trinajstić information content (AvgIpc) is 3.05. The third kappa shape index (κ3) is 10.00. The molecule has 5 rings (SSSR count). The number of carbonyl (C=O) groups is 1. The zero-order valence-electron chi connectivity index (χ0n) is 22.3. The molecule has 13 heteroatoms. The van der Waals surface area contributed by atoms with E-state index in [1.807, 2.05) is 66.7 Å². The Bertz CT molecular complexity index is 1560. The molecule has 0 aliphatic heterocycles. The smallest absolute Gasteiger partial charge is 0.294 e. The molecule has 0 amide bonds. The van der Waals surface area contributed by atoms with E-state index in [0.717, 1.165) is 17.7 Å². The number of carbonyl (C=O) groups excluding carboxylic acids is 1. The Hall–Kier alpha value is -4.01. The van der Waals surface area contributed by atoms with Gasteiger partial charge in [-0.15, -0.1) is 12.1 Å². The van der Waals surface area contributed by atoms with Crippen LogP contribution in [0.5, 0.6) is 0 Å². The van der Waals surface area contributed by atoms with Crippen LogP contribution in [0.25, 0.3) is 0 Å². The predicted molar refractivity (Wildman–Crippen MR) is 145 cm³/mol. The molecule has 0 bridgehead atoms. The van der Waals surface area contributed by atoms with Gasteiger partial charge in [-0.3, -0.25) is 22.4 Å². The fourth-order valence-corrected chi connectivity index (χ4v) is 5.59. The van der Waals surface area contributed by atoms with E-state index >= 15 is 0 Å². The fourth-order valence-electron chi connectivity index (χ4n) is 3.40. The van der Waals surface area contributed by atoms with Crippen LogP contribution in [-0.2, 0) is 16.5 Å². The summed E-state index contributed by atoms with van der Waals surface area (Å²) in [6, 6.07) is 32.3. The summed E-state index contributed by atoms with van der Waals surface area (Å²) in [4.78, 5) is 12.6. The molecule has 45 heavy (non-hydrogen) atoms. The second-order valence-electron chi connectivity index (χ2n) is 8.44. The minimum atomic E-state index is -2.17. The van der Waals surface area contributed by atoms with E-state index in [4.69, 9.17) is 0 Å². The number of rotatable bonds is 5. The Morgan fingerprint density at radius 1 is 0.467 bits per heavy atom. The van der Waals surface area contributed by atoms with Crippen molar-refractivity contribution in [2.45, 2.75) is 0 Å². The maximum absolute atomic E-state index is 12.6. The molecule has 0 spiro atoms. The first-order chi connectivity index (χ1) is 20.9. The van der Waals surface area contributed by atoms with Crippen molar-refractivity contribution < 1.29 is 65.2 Å². The Morgan fingerprint density at radius 3 is 1.07 bits per heavy atom. The molecule has 0 saturated carbocycles. The van der Waals surface area contributed by atoms with Gasteiger partial charge in [0.1, 0.15) is 0 Å². The number of Topliss-reactive ketones (excluding diaryl/α,β-unsaturated/α-hetero) is 1. The third-order valence-electron chi connectivity index (χ3n) is 5.51. The van der Waals surface area contributed by atoms with E-state index in [1.165, 1.54) is 10.6 Å². The Labute approximate surface area is 262 Å². The van der Waals surface area contributed by atoms with E-state index < -0.39 is 66.1 Å². The number of ketones is 1. The average molecular weight is 697 g/mol. The summed E-state index contributed by atoms with van der Waals surface area (Å²) in [6.07, 6.45) is 0.549. The molecule has 5 aromatic carbocycles. The maximum Gasteiger partial charge on any atom is 2.00 e. The van der Waals surface area contributed by atoms with E-state index in [-0.39, 0.29) is 22.3 Å². The molecule has 0 heterocycles. The summed E-state index contributed by atoms with van der Waals surface area (Å²) in [7, 11) is -0.663. The van der Waals surface area contributed by atoms with Crippen molar-refractivity contribution in [2.24, 2.45) is 0 Å². The molecular weight excluding hydrogens is 680 g/mol. The quantitative estimate of drug-likeness (QED) is 0.0344. The number of halogens is 10. The molecule has 0 N–H and O–H groups in total. The minimum Gasteiger partial charge on any atom is -0.294 e. The summed E-state index contributed by atoms with van der Waals surface area (Å²) >= 11 is 0. The predicted octanol–water partition coefficient (Wildman–Crippen LogP) is 8.36. The van der Waals surface area contributed by atoms with Crippen molar-refractivity contribution in [1.82, 2.24) is 0 Å². The molecule has 0 aliphatic carbocycles. The van der Waals surface area contributed by atoms with Gasteiger partial charge >= 0.3 is 16.5 Å². The largest absolute Gasteiger partial charge is 2.00 e. The van der Waals surface area contributed by atoms with Crippen LogP contribution in [0.15, 0.2) is 91.0 Å². The van der Waals surface area contributed by atoms with Crippen LogP contribution in [0, 0.1) is 70.3 Å². The van der Waals surface area contributed by atoms with Crippen LogP contribution in [0.3, 0.4) is 0 Å². The third-order valence-corrected chi connectivity index (χ3v) is 7.96. The first-order valence-corrected chi connectivity index (χ1v) is 13.7. The summed E-state index contributed by atoms with van der Waals surface area (Å²) in [5.74, 6) is -19.9. The molecule has 5 aromatic rings. The summed E-state index contributed by atoms with van der Waals surface area (Å²) in [6.45, 7) is 0. The molecule has 0 aromatic heterocycles. The molecule has 0 aliphatic rings. The van der Waals surface area contributed by atoms with Crippen LogP contribution in [0.1, 0.15) is 10.4 Å². The maximum atomic E-state index is 12.6. The van der Waals surface area contributed by atoms with Gasteiger partial charge in [-0.05, 0) is 18.5 Å². The molecule has 0 saturated heterocycles. The van der Waals surface area contributed by atoms with Crippen molar-refractivity contribution in [2.75, 3.05) is 6.16 Å². The molecule has 1 nitrogen and oxygen atoms in total. The van der Waals surface area contributed by atoms with Crippen LogP contribution in [0.4, 0.5) is 43.9 Å². The first-order valence-electron chi connectivity index (χ1n) is 12.2. The van der Waals surface area contributed by atoms with Gasteiger partial charge in [0.15, 0.2) is 5.78 Å². The zero-order chi connectivity index (χ0) is 32.4. The van der Waals surface area contributed by atoms with Gasteiger partial charge in [-0.1, -0.05) is 91.0 Å². The molecule has 0 radical (unpaired) electrons. The van der Waals surface area contributed by atoms with Gasteiger partial charge in [0.05, 0.1) is 58.2 Å². The normalized spacial score (nSPS) is 10.2. The first kappa shape index (κ1) is 37.2. The van der Waals surface area contributed by atoms with Crippen molar-refractivity contribution in [3.63, 3.8) is 0 Å². The van der Waals surface area contributed by atoms with Crippen LogP contribution in [-0.4, -0.2) is 11.9 Å². The van der Waals surface area contributed by atoms with Crippen LogP contribution < -0.4 is 10.6 Å². The van der Waals surface area contributed by atoms with Crippen molar-refractivity contribution in [1.29, 1.82) is 0 Å². The minimum absolute atomic E-state index is 0. The van der Waals surface area contributed by atoms with Gasteiger partial charge in [-0.2, -0.15) is 0 Å². The van der Waals surface area contributed by atoms with Crippen molar-refractivity contribution in [3.05, 3.63) is 167 Å². The van der Waals surface area contributed by atoms with Crippen molar-refractivity contribution >= 4 is 24.3 Å². The molecule has 236 valence electrons. The SMILES string of the molecule is Fc1[c-]c(F)c(F)c(F)c1F.Fc1[c-]c(F)c(F)c(F)c1F.O=C(CP(c1ccccc1)c1ccccc1)c1ccccc1.[Ni+2]. The van der Waals surface area contributed by atoms with E-state index in [9.17, 15) is 48.7 Å².